The van der Waals surface area contributed by atoms with E-state index in [0.717, 1.165) is 22.2 Å². The van der Waals surface area contributed by atoms with Gasteiger partial charge in [-0.05, 0) is 25.1 Å². The molecule has 4 aromatic rings. The van der Waals surface area contributed by atoms with Crippen molar-refractivity contribution in [3.05, 3.63) is 65.3 Å². The van der Waals surface area contributed by atoms with Crippen LogP contribution in [0.4, 0.5) is 5.13 Å². The summed E-state index contributed by atoms with van der Waals surface area (Å²) in [5.74, 6) is 2.06. The topological polar surface area (TPSA) is 91.2 Å². The van der Waals surface area contributed by atoms with Gasteiger partial charge in [-0.2, -0.15) is 0 Å². The van der Waals surface area contributed by atoms with Crippen LogP contribution in [-0.2, 0) is 13.1 Å². The van der Waals surface area contributed by atoms with Gasteiger partial charge in [-0.3, -0.25) is 4.79 Å². The second kappa shape index (κ2) is 11.2. The molecule has 0 aliphatic heterocycles. The van der Waals surface area contributed by atoms with Crippen molar-refractivity contribution in [1.82, 2.24) is 19.7 Å². The van der Waals surface area contributed by atoms with Crippen LogP contribution >= 0.6 is 23.1 Å². The molecule has 0 unspecified atom stereocenters. The molecule has 0 aliphatic rings. The number of thiazole rings is 1. The number of hydrogen-bond donors (Lipinski definition) is 1. The lowest BCUT2D eigenvalue weighted by Gasteiger charge is -2.10. The number of anilines is 1. The highest BCUT2D eigenvalue weighted by atomic mass is 32.2. The predicted molar refractivity (Wildman–Crippen MR) is 135 cm³/mol. The van der Waals surface area contributed by atoms with Gasteiger partial charge in [-0.15, -0.1) is 21.5 Å². The van der Waals surface area contributed by atoms with Crippen molar-refractivity contribution in [2.45, 2.75) is 25.2 Å². The summed E-state index contributed by atoms with van der Waals surface area (Å²) in [6.45, 7) is 3.21. The third-order valence-corrected chi connectivity index (χ3v) is 6.89. The first-order chi connectivity index (χ1) is 16.6. The van der Waals surface area contributed by atoms with Gasteiger partial charge in [-0.1, -0.05) is 42.1 Å². The van der Waals surface area contributed by atoms with E-state index in [0.29, 0.717) is 35.3 Å². The van der Waals surface area contributed by atoms with Crippen LogP contribution in [0.2, 0.25) is 0 Å². The minimum Gasteiger partial charge on any atom is -0.497 e. The van der Waals surface area contributed by atoms with E-state index in [-0.39, 0.29) is 11.5 Å². The molecule has 0 saturated carbocycles. The van der Waals surface area contributed by atoms with E-state index in [1.807, 2.05) is 47.2 Å². The molecule has 8 nitrogen and oxygen atoms in total. The summed E-state index contributed by atoms with van der Waals surface area (Å²) < 4.78 is 12.6. The minimum absolute atomic E-state index is 0.0673. The Bertz CT molecular complexity index is 1260. The van der Waals surface area contributed by atoms with Crippen LogP contribution in [-0.4, -0.2) is 45.5 Å². The molecule has 0 saturated heterocycles. The quantitative estimate of drug-likeness (QED) is 0.229. The van der Waals surface area contributed by atoms with Gasteiger partial charge >= 0.3 is 0 Å². The van der Waals surface area contributed by atoms with Crippen molar-refractivity contribution in [1.29, 1.82) is 0 Å². The van der Waals surface area contributed by atoms with Crippen LogP contribution < -0.4 is 14.8 Å². The Morgan fingerprint density at radius 1 is 1.12 bits per heavy atom. The van der Waals surface area contributed by atoms with E-state index in [1.54, 1.807) is 43.8 Å². The Labute approximate surface area is 206 Å². The summed E-state index contributed by atoms with van der Waals surface area (Å²) in [5, 5.41) is 15.5. The zero-order valence-electron chi connectivity index (χ0n) is 19.1. The first kappa shape index (κ1) is 23.8. The number of nitrogens with one attached hydrogen (secondary N) is 1. The van der Waals surface area contributed by atoms with E-state index in [1.165, 1.54) is 11.8 Å². The maximum absolute atomic E-state index is 12.9. The molecule has 2 heterocycles. The smallest absolute Gasteiger partial charge is 0.191 e. The summed E-state index contributed by atoms with van der Waals surface area (Å²) in [5.41, 5.74) is 2.50. The number of nitrogens with zero attached hydrogens (tertiary/aromatic N) is 4. The number of methoxy groups -OCH3 is 2. The normalized spacial score (nSPS) is 10.8. The number of benzene rings is 2. The van der Waals surface area contributed by atoms with Gasteiger partial charge in [-0.25, -0.2) is 4.98 Å². The molecule has 0 fully saturated rings. The van der Waals surface area contributed by atoms with Gasteiger partial charge in [0.1, 0.15) is 11.5 Å². The molecule has 34 heavy (non-hydrogen) atoms. The Balaban J connectivity index is 1.40. The average Bonchev–Trinajstić information content (AvgIpc) is 3.52. The molecule has 2 aromatic heterocycles. The molecule has 0 aliphatic carbocycles. The highest BCUT2D eigenvalue weighted by Gasteiger charge is 2.17. The molecule has 1 N–H and O–H groups in total. The van der Waals surface area contributed by atoms with Gasteiger partial charge in [0.05, 0.1) is 37.8 Å². The highest BCUT2D eigenvalue weighted by molar-refractivity contribution is 7.99. The van der Waals surface area contributed by atoms with Crippen molar-refractivity contribution in [3.63, 3.8) is 0 Å². The van der Waals surface area contributed by atoms with Crippen molar-refractivity contribution >= 4 is 34.0 Å². The Morgan fingerprint density at radius 3 is 2.68 bits per heavy atom. The van der Waals surface area contributed by atoms with Crippen molar-refractivity contribution in [2.75, 3.05) is 25.3 Å². The summed E-state index contributed by atoms with van der Waals surface area (Å²) in [4.78, 5) is 17.5. The van der Waals surface area contributed by atoms with Crippen LogP contribution in [0.3, 0.4) is 0 Å². The van der Waals surface area contributed by atoms with Crippen LogP contribution in [0.25, 0.3) is 11.3 Å². The van der Waals surface area contributed by atoms with E-state index < -0.39 is 0 Å². The second-order valence-electron chi connectivity index (χ2n) is 7.18. The maximum Gasteiger partial charge on any atom is 0.191 e. The number of thioether (sulfide) groups is 1. The summed E-state index contributed by atoms with van der Waals surface area (Å²) >= 11 is 2.90. The van der Waals surface area contributed by atoms with Gasteiger partial charge in [0, 0.05) is 17.5 Å². The predicted octanol–water partition coefficient (Wildman–Crippen LogP) is 5.03. The third kappa shape index (κ3) is 5.40. The highest BCUT2D eigenvalue weighted by Crippen LogP contribution is 2.28. The maximum atomic E-state index is 12.9. The summed E-state index contributed by atoms with van der Waals surface area (Å²) in [6.07, 6.45) is 0. The largest absolute Gasteiger partial charge is 0.497 e. The SMILES string of the molecule is CCn1c(CNc2nc(-c3ccccc3)cs2)nnc1SCC(=O)c1cc(OC)ccc1OC. The lowest BCUT2D eigenvalue weighted by atomic mass is 10.1. The van der Waals surface area contributed by atoms with E-state index in [4.69, 9.17) is 9.47 Å². The molecule has 4 rings (SSSR count). The fourth-order valence-corrected chi connectivity index (χ4v) is 4.99. The van der Waals surface area contributed by atoms with E-state index in [2.05, 4.69) is 20.5 Å². The first-order valence-electron chi connectivity index (χ1n) is 10.7. The van der Waals surface area contributed by atoms with E-state index in [9.17, 15) is 4.79 Å². The number of carbonyl (C=O) groups excluding carboxylic acids is 1. The van der Waals surface area contributed by atoms with Crippen LogP contribution in [0.5, 0.6) is 11.5 Å². The molecular formula is C24H25N5O3S2. The van der Waals surface area contributed by atoms with E-state index >= 15 is 0 Å². The molecule has 0 bridgehead atoms. The lowest BCUT2D eigenvalue weighted by Crippen LogP contribution is -2.10. The molecule has 0 spiro atoms. The number of rotatable bonds is 11. The lowest BCUT2D eigenvalue weighted by molar-refractivity contribution is 0.101. The molecule has 0 radical (unpaired) electrons. The average molecular weight is 496 g/mol. The Hall–Kier alpha value is -3.37. The number of aromatic nitrogens is 4. The molecular weight excluding hydrogens is 470 g/mol. The van der Waals surface area contributed by atoms with Gasteiger partial charge < -0.3 is 19.4 Å². The van der Waals surface area contributed by atoms with Crippen molar-refractivity contribution in [3.8, 4) is 22.8 Å². The van der Waals surface area contributed by atoms with Gasteiger partial charge in [0.15, 0.2) is 21.9 Å². The Morgan fingerprint density at radius 2 is 1.94 bits per heavy atom. The number of ether oxygens (including phenoxy) is 2. The molecule has 176 valence electrons. The monoisotopic (exact) mass is 495 g/mol. The van der Waals surface area contributed by atoms with Crippen LogP contribution in [0.15, 0.2) is 59.1 Å². The van der Waals surface area contributed by atoms with Crippen LogP contribution in [0.1, 0.15) is 23.1 Å². The standard InChI is InChI=1S/C24H25N5O3S2/c1-4-29-22(13-25-23-26-19(14-33-23)16-8-6-5-7-9-16)27-28-24(29)34-15-20(30)18-12-17(31-2)10-11-21(18)32-3/h5-12,14H,4,13,15H2,1-3H3,(H,25,26). The number of Topliss-reactive ketones (excluding diaryl/α,β-unsaturated/α-hetero) is 1. The molecule has 10 heteroatoms. The summed E-state index contributed by atoms with van der Waals surface area (Å²) in [7, 11) is 3.11. The fraction of sp³-hybridized carbons (Fsp3) is 0.250. The number of hydrogen-bond acceptors (Lipinski definition) is 9. The van der Waals surface area contributed by atoms with Gasteiger partial charge in [0.25, 0.3) is 0 Å². The third-order valence-electron chi connectivity index (χ3n) is 5.12. The van der Waals surface area contributed by atoms with Crippen molar-refractivity contribution in [2.24, 2.45) is 0 Å². The van der Waals surface area contributed by atoms with Crippen LogP contribution in [0, 0.1) is 0 Å². The minimum atomic E-state index is -0.0673. The zero-order valence-corrected chi connectivity index (χ0v) is 20.8. The molecule has 0 atom stereocenters. The number of ketones is 1. The molecule has 2 aromatic carbocycles. The van der Waals surface area contributed by atoms with Gasteiger partial charge in [0.2, 0.25) is 0 Å². The second-order valence-corrected chi connectivity index (χ2v) is 8.98. The Kier molecular flexibility index (Phi) is 7.81. The summed E-state index contributed by atoms with van der Waals surface area (Å²) in [6, 6.07) is 15.3. The first-order valence-corrected chi connectivity index (χ1v) is 12.5. The zero-order chi connectivity index (χ0) is 23.9. The van der Waals surface area contributed by atoms with Crippen molar-refractivity contribution < 1.29 is 14.3 Å². The fourth-order valence-electron chi connectivity index (χ4n) is 3.37. The number of carbonyl (C=O) groups is 1. The molecule has 0 amide bonds.